The van der Waals surface area contributed by atoms with Crippen LogP contribution >= 0.6 is 11.6 Å². The Morgan fingerprint density at radius 1 is 1.43 bits per heavy atom. The molecule has 0 heterocycles. The lowest BCUT2D eigenvalue weighted by Gasteiger charge is -2.04. The summed E-state index contributed by atoms with van der Waals surface area (Å²) in [4.78, 5) is 20.9. The number of ether oxygens (including phenoxy) is 1. The highest BCUT2D eigenvalue weighted by atomic mass is 35.5. The summed E-state index contributed by atoms with van der Waals surface area (Å²) < 4.78 is 4.56. The van der Waals surface area contributed by atoms with Gasteiger partial charge in [0, 0.05) is 5.02 Å². The molecule has 0 radical (unpaired) electrons. The Kier molecular flexibility index (Phi) is 3.09. The van der Waals surface area contributed by atoms with Crippen LogP contribution in [0.3, 0.4) is 0 Å². The van der Waals surface area contributed by atoms with Crippen LogP contribution < -0.4 is 4.74 Å². The number of hydrogen-bond donors (Lipinski definition) is 1. The second-order valence-electron chi connectivity index (χ2n) is 2.60. The summed E-state index contributed by atoms with van der Waals surface area (Å²) >= 11 is 5.66. The van der Waals surface area contributed by atoms with Crippen molar-refractivity contribution in [3.63, 3.8) is 0 Å². The zero-order valence-corrected chi connectivity index (χ0v) is 8.04. The van der Waals surface area contributed by atoms with Gasteiger partial charge in [-0.2, -0.15) is 0 Å². The first kappa shape index (κ1) is 10.5. The molecule has 1 aromatic rings. The minimum atomic E-state index is -1.63. The Morgan fingerprint density at radius 2 is 2.07 bits per heavy atom. The second kappa shape index (κ2) is 4.11. The first-order valence-electron chi connectivity index (χ1n) is 3.72. The van der Waals surface area contributed by atoms with Crippen LogP contribution in [-0.2, 0) is 9.59 Å². The predicted molar refractivity (Wildman–Crippen MR) is 49.5 cm³/mol. The van der Waals surface area contributed by atoms with Crippen LogP contribution in [0.15, 0.2) is 18.2 Å². The lowest BCUT2D eigenvalue weighted by molar-refractivity contribution is -0.158. The van der Waals surface area contributed by atoms with E-state index in [1.807, 2.05) is 0 Å². The predicted octanol–water partition coefficient (Wildman–Crippen LogP) is 1.64. The Morgan fingerprint density at radius 3 is 2.57 bits per heavy atom. The molecule has 4 nitrogen and oxygen atoms in total. The third kappa shape index (κ3) is 2.47. The van der Waals surface area contributed by atoms with Crippen molar-refractivity contribution in [2.75, 3.05) is 0 Å². The van der Waals surface area contributed by atoms with E-state index in [-0.39, 0.29) is 5.75 Å². The van der Waals surface area contributed by atoms with Gasteiger partial charge < -0.3 is 9.84 Å². The van der Waals surface area contributed by atoms with Crippen LogP contribution in [0.5, 0.6) is 5.75 Å². The van der Waals surface area contributed by atoms with Gasteiger partial charge in [-0.25, -0.2) is 9.59 Å². The number of carbonyl (C=O) groups is 2. The van der Waals surface area contributed by atoms with E-state index < -0.39 is 11.9 Å². The number of carboxylic acid groups (broad SMARTS) is 1. The van der Waals surface area contributed by atoms with Gasteiger partial charge in [-0.1, -0.05) is 11.6 Å². The van der Waals surface area contributed by atoms with Crippen LogP contribution in [0.4, 0.5) is 0 Å². The largest absolute Gasteiger partial charge is 0.473 e. The Bertz CT molecular complexity index is 386. The van der Waals surface area contributed by atoms with E-state index in [1.165, 1.54) is 12.1 Å². The van der Waals surface area contributed by atoms with E-state index in [0.717, 1.165) is 0 Å². The molecule has 0 aromatic heterocycles. The first-order chi connectivity index (χ1) is 6.50. The molecule has 14 heavy (non-hydrogen) atoms. The third-order valence-electron chi connectivity index (χ3n) is 1.51. The molecule has 0 amide bonds. The van der Waals surface area contributed by atoms with Crippen molar-refractivity contribution in [3.8, 4) is 5.75 Å². The molecule has 0 fully saturated rings. The van der Waals surface area contributed by atoms with Crippen molar-refractivity contribution in [2.45, 2.75) is 6.92 Å². The van der Waals surface area contributed by atoms with Gasteiger partial charge in [0.15, 0.2) is 0 Å². The highest BCUT2D eigenvalue weighted by Gasteiger charge is 2.15. The first-order valence-corrected chi connectivity index (χ1v) is 4.10. The molecular weight excluding hydrogens is 208 g/mol. The average Bonchev–Trinajstić information content (AvgIpc) is 2.09. The van der Waals surface area contributed by atoms with Gasteiger partial charge in [-0.15, -0.1) is 0 Å². The summed E-state index contributed by atoms with van der Waals surface area (Å²) in [5.74, 6) is -2.74. The fourth-order valence-corrected chi connectivity index (χ4v) is 1.10. The van der Waals surface area contributed by atoms with Gasteiger partial charge in [-0.3, -0.25) is 0 Å². The van der Waals surface area contributed by atoms with Crippen molar-refractivity contribution < 1.29 is 19.4 Å². The molecule has 0 bridgehead atoms. The van der Waals surface area contributed by atoms with Gasteiger partial charge in [0.25, 0.3) is 0 Å². The fourth-order valence-electron chi connectivity index (χ4n) is 0.871. The SMILES string of the molecule is Cc1cc(Cl)ccc1OC(=O)C(=O)O. The Balaban J connectivity index is 2.87. The summed E-state index contributed by atoms with van der Waals surface area (Å²) in [7, 11) is 0. The van der Waals surface area contributed by atoms with E-state index in [9.17, 15) is 9.59 Å². The van der Waals surface area contributed by atoms with Crippen LogP contribution in [0.25, 0.3) is 0 Å². The monoisotopic (exact) mass is 214 g/mol. The molecule has 0 unspecified atom stereocenters. The third-order valence-corrected chi connectivity index (χ3v) is 1.75. The molecular formula is C9H7ClO4. The molecule has 0 aliphatic rings. The number of halogens is 1. The van der Waals surface area contributed by atoms with E-state index in [4.69, 9.17) is 16.7 Å². The molecule has 1 aromatic carbocycles. The minimum Gasteiger partial charge on any atom is -0.473 e. The van der Waals surface area contributed by atoms with E-state index in [2.05, 4.69) is 4.74 Å². The summed E-state index contributed by atoms with van der Waals surface area (Å²) in [6, 6.07) is 4.53. The molecule has 74 valence electrons. The van der Waals surface area contributed by atoms with Gasteiger partial charge in [0.1, 0.15) is 5.75 Å². The number of aliphatic carboxylic acids is 1. The topological polar surface area (TPSA) is 63.6 Å². The maximum absolute atomic E-state index is 10.7. The lowest BCUT2D eigenvalue weighted by Crippen LogP contribution is -2.19. The quantitative estimate of drug-likeness (QED) is 0.439. The van der Waals surface area contributed by atoms with Gasteiger partial charge in [0.2, 0.25) is 0 Å². The fraction of sp³-hybridized carbons (Fsp3) is 0.111. The number of benzene rings is 1. The highest BCUT2D eigenvalue weighted by molar-refractivity contribution is 6.31. The molecule has 5 heteroatoms. The zero-order chi connectivity index (χ0) is 10.7. The Labute approximate surface area is 85.1 Å². The van der Waals surface area contributed by atoms with Crippen LogP contribution in [0, 0.1) is 6.92 Å². The zero-order valence-electron chi connectivity index (χ0n) is 7.28. The number of carbonyl (C=O) groups excluding carboxylic acids is 1. The number of aryl methyl sites for hydroxylation is 1. The molecule has 0 saturated carbocycles. The lowest BCUT2D eigenvalue weighted by atomic mass is 10.2. The second-order valence-corrected chi connectivity index (χ2v) is 3.04. The highest BCUT2D eigenvalue weighted by Crippen LogP contribution is 2.21. The number of hydrogen-bond acceptors (Lipinski definition) is 3. The average molecular weight is 215 g/mol. The summed E-state index contributed by atoms with van der Waals surface area (Å²) in [5, 5.41) is 8.79. The van der Waals surface area contributed by atoms with Crippen molar-refractivity contribution in [3.05, 3.63) is 28.8 Å². The van der Waals surface area contributed by atoms with E-state index >= 15 is 0 Å². The molecule has 0 spiro atoms. The van der Waals surface area contributed by atoms with Crippen molar-refractivity contribution in [1.82, 2.24) is 0 Å². The van der Waals surface area contributed by atoms with Gasteiger partial charge >= 0.3 is 11.9 Å². The molecule has 0 atom stereocenters. The van der Waals surface area contributed by atoms with Crippen molar-refractivity contribution in [2.24, 2.45) is 0 Å². The van der Waals surface area contributed by atoms with Gasteiger partial charge in [0.05, 0.1) is 0 Å². The maximum Gasteiger partial charge on any atom is 0.422 e. The van der Waals surface area contributed by atoms with Crippen LogP contribution in [0.1, 0.15) is 5.56 Å². The summed E-state index contributed by atoms with van der Waals surface area (Å²) in [6.07, 6.45) is 0. The van der Waals surface area contributed by atoms with E-state index in [0.29, 0.717) is 10.6 Å². The standard InChI is InChI=1S/C9H7ClO4/c1-5-4-6(10)2-3-7(5)14-9(13)8(11)12/h2-4H,1H3,(H,11,12). The molecule has 0 aliphatic heterocycles. The molecule has 0 saturated heterocycles. The smallest absolute Gasteiger partial charge is 0.422 e. The number of rotatable bonds is 1. The van der Waals surface area contributed by atoms with E-state index in [1.54, 1.807) is 13.0 Å². The molecule has 1 rings (SSSR count). The molecule has 0 aliphatic carbocycles. The minimum absolute atomic E-state index is 0.196. The van der Waals surface area contributed by atoms with Crippen LogP contribution in [0.2, 0.25) is 5.02 Å². The maximum atomic E-state index is 10.7. The van der Waals surface area contributed by atoms with Crippen molar-refractivity contribution in [1.29, 1.82) is 0 Å². The van der Waals surface area contributed by atoms with Crippen LogP contribution in [-0.4, -0.2) is 17.0 Å². The molecule has 1 N–H and O–H groups in total. The van der Waals surface area contributed by atoms with Crippen molar-refractivity contribution >= 4 is 23.5 Å². The normalized spacial score (nSPS) is 9.57. The summed E-state index contributed by atoms with van der Waals surface area (Å²) in [6.45, 7) is 1.66. The van der Waals surface area contributed by atoms with Gasteiger partial charge in [-0.05, 0) is 30.7 Å². The Hall–Kier alpha value is -1.55. The summed E-state index contributed by atoms with van der Waals surface area (Å²) in [5.41, 5.74) is 0.604. The number of carboxylic acids is 1. The number of esters is 1.